The van der Waals surface area contributed by atoms with E-state index >= 15 is 0 Å². The summed E-state index contributed by atoms with van der Waals surface area (Å²) in [6, 6.07) is 0. The monoisotopic (exact) mass is 234 g/mol. The first-order valence-corrected chi connectivity index (χ1v) is 4.41. The van der Waals surface area contributed by atoms with Gasteiger partial charge in [0.2, 0.25) is 11.7 Å². The lowest BCUT2D eigenvalue weighted by Crippen LogP contribution is -2.18. The van der Waals surface area contributed by atoms with Crippen molar-refractivity contribution < 1.29 is 27.8 Å². The molecule has 4 nitrogen and oxygen atoms in total. The van der Waals surface area contributed by atoms with Crippen LogP contribution >= 0.6 is 0 Å². The van der Waals surface area contributed by atoms with Crippen molar-refractivity contribution in [3.05, 3.63) is 24.8 Å². The molecule has 0 saturated heterocycles. The minimum Gasteiger partial charge on any atom is -0.460 e. The maximum Gasteiger partial charge on any atom is 0.366 e. The highest BCUT2D eigenvalue weighted by atomic mass is 19.1. The van der Waals surface area contributed by atoms with Gasteiger partial charge in [0, 0.05) is 6.42 Å². The molecule has 0 spiro atoms. The van der Waals surface area contributed by atoms with E-state index in [9.17, 15) is 18.4 Å². The summed E-state index contributed by atoms with van der Waals surface area (Å²) in [4.78, 5) is 21.3. The second-order valence-electron chi connectivity index (χ2n) is 2.95. The van der Waals surface area contributed by atoms with Crippen LogP contribution < -0.4 is 0 Å². The molecule has 6 heteroatoms. The summed E-state index contributed by atoms with van der Waals surface area (Å²) in [6.07, 6.45) is -0.543. The van der Waals surface area contributed by atoms with Crippen LogP contribution in [0.1, 0.15) is 13.3 Å². The molecule has 0 aliphatic heterocycles. The molecule has 0 rings (SSSR count). The van der Waals surface area contributed by atoms with E-state index in [1.807, 2.05) is 0 Å². The van der Waals surface area contributed by atoms with E-state index in [1.165, 1.54) is 6.92 Å². The van der Waals surface area contributed by atoms with Gasteiger partial charge in [-0.15, -0.1) is 0 Å². The molecular weight excluding hydrogens is 222 g/mol. The van der Waals surface area contributed by atoms with Gasteiger partial charge in [-0.05, 0) is 6.92 Å². The van der Waals surface area contributed by atoms with E-state index in [0.29, 0.717) is 0 Å². The van der Waals surface area contributed by atoms with Crippen LogP contribution in [0.15, 0.2) is 24.8 Å². The zero-order valence-electron chi connectivity index (χ0n) is 8.79. The minimum absolute atomic E-state index is 0.123. The van der Waals surface area contributed by atoms with Gasteiger partial charge in [-0.25, -0.2) is 9.59 Å². The van der Waals surface area contributed by atoms with Gasteiger partial charge in [0.15, 0.2) is 0 Å². The summed E-state index contributed by atoms with van der Waals surface area (Å²) < 4.78 is 33.2. The molecular formula is C10H12F2O4. The van der Waals surface area contributed by atoms with Crippen molar-refractivity contribution in [1.82, 2.24) is 0 Å². The number of carbonyl (C=O) groups is 2. The van der Waals surface area contributed by atoms with Gasteiger partial charge in [0.25, 0.3) is 0 Å². The smallest absolute Gasteiger partial charge is 0.366 e. The van der Waals surface area contributed by atoms with Crippen molar-refractivity contribution >= 4 is 11.9 Å². The SMILES string of the molecule is C=C(F)C(=O)OCCC(C)OC(=O)C(=C)F. The van der Waals surface area contributed by atoms with Crippen molar-refractivity contribution in [3.8, 4) is 0 Å². The number of hydrogen-bond donors (Lipinski definition) is 0. The minimum atomic E-state index is -1.21. The lowest BCUT2D eigenvalue weighted by molar-refractivity contribution is -0.147. The summed E-state index contributed by atoms with van der Waals surface area (Å²) in [6.45, 7) is 6.80. The lowest BCUT2D eigenvalue weighted by atomic mass is 10.3. The zero-order valence-corrected chi connectivity index (χ0v) is 8.79. The third kappa shape index (κ3) is 5.90. The van der Waals surface area contributed by atoms with Crippen molar-refractivity contribution in [2.45, 2.75) is 19.4 Å². The van der Waals surface area contributed by atoms with Gasteiger partial charge >= 0.3 is 11.9 Å². The Labute approximate surface area is 91.5 Å². The van der Waals surface area contributed by atoms with Crippen molar-refractivity contribution in [2.75, 3.05) is 6.61 Å². The molecule has 0 aromatic heterocycles. The zero-order chi connectivity index (χ0) is 12.7. The number of esters is 2. The average Bonchev–Trinajstić information content (AvgIpc) is 2.16. The lowest BCUT2D eigenvalue weighted by Gasteiger charge is -2.11. The largest absolute Gasteiger partial charge is 0.460 e. The number of halogens is 2. The Bertz CT molecular complexity index is 312. The van der Waals surface area contributed by atoms with Crippen LogP contribution in [0.25, 0.3) is 0 Å². The number of rotatable bonds is 6. The summed E-state index contributed by atoms with van der Waals surface area (Å²) in [5.74, 6) is -4.76. The van der Waals surface area contributed by atoms with E-state index in [1.54, 1.807) is 0 Å². The van der Waals surface area contributed by atoms with Crippen molar-refractivity contribution in [2.24, 2.45) is 0 Å². The highest BCUT2D eigenvalue weighted by molar-refractivity contribution is 5.85. The molecule has 0 saturated carbocycles. The first-order valence-electron chi connectivity index (χ1n) is 4.41. The molecule has 0 fully saturated rings. The van der Waals surface area contributed by atoms with Crippen LogP contribution in [0.4, 0.5) is 8.78 Å². The fraction of sp³-hybridized carbons (Fsp3) is 0.400. The molecule has 0 amide bonds. The maximum atomic E-state index is 12.2. The molecule has 0 N–H and O–H groups in total. The third-order valence-corrected chi connectivity index (χ3v) is 1.51. The number of hydrogen-bond acceptors (Lipinski definition) is 4. The van der Waals surface area contributed by atoms with Gasteiger partial charge in [-0.3, -0.25) is 0 Å². The summed E-state index contributed by atoms with van der Waals surface area (Å²) in [5, 5.41) is 0. The first-order chi connectivity index (χ1) is 7.34. The van der Waals surface area contributed by atoms with E-state index in [0.717, 1.165) is 0 Å². The Morgan fingerprint density at radius 3 is 2.12 bits per heavy atom. The molecule has 0 aromatic rings. The second-order valence-corrected chi connectivity index (χ2v) is 2.95. The van der Waals surface area contributed by atoms with Crippen molar-refractivity contribution in [3.63, 3.8) is 0 Å². The van der Waals surface area contributed by atoms with E-state index in [4.69, 9.17) is 0 Å². The van der Waals surface area contributed by atoms with Gasteiger partial charge in [0.1, 0.15) is 6.10 Å². The predicted octanol–water partition coefficient (Wildman–Crippen LogP) is 1.82. The molecule has 1 atom stereocenters. The van der Waals surface area contributed by atoms with E-state index in [-0.39, 0.29) is 13.0 Å². The highest BCUT2D eigenvalue weighted by Crippen LogP contribution is 2.04. The number of carbonyl (C=O) groups excluding carboxylic acids is 2. The highest BCUT2D eigenvalue weighted by Gasteiger charge is 2.14. The van der Waals surface area contributed by atoms with Crippen LogP contribution in [-0.2, 0) is 19.1 Å². The fourth-order valence-electron chi connectivity index (χ4n) is 0.701. The Hall–Kier alpha value is -1.72. The predicted molar refractivity (Wildman–Crippen MR) is 51.6 cm³/mol. The molecule has 16 heavy (non-hydrogen) atoms. The topological polar surface area (TPSA) is 52.6 Å². The molecule has 0 heterocycles. The fourth-order valence-corrected chi connectivity index (χ4v) is 0.701. The Balaban J connectivity index is 3.78. The van der Waals surface area contributed by atoms with Gasteiger partial charge in [-0.1, -0.05) is 13.2 Å². The standard InChI is InChI=1S/C10H12F2O4/c1-6(16-10(14)8(3)12)4-5-15-9(13)7(2)11/h6H,2-5H2,1H3. The third-order valence-electron chi connectivity index (χ3n) is 1.51. The maximum absolute atomic E-state index is 12.2. The Morgan fingerprint density at radius 1 is 1.19 bits per heavy atom. The Morgan fingerprint density at radius 2 is 1.69 bits per heavy atom. The van der Waals surface area contributed by atoms with Crippen LogP contribution in [-0.4, -0.2) is 24.6 Å². The number of ether oxygens (including phenoxy) is 2. The quantitative estimate of drug-likeness (QED) is 0.519. The van der Waals surface area contributed by atoms with Crippen LogP contribution in [0, 0.1) is 0 Å². The molecule has 0 aliphatic carbocycles. The van der Waals surface area contributed by atoms with E-state index in [2.05, 4.69) is 22.6 Å². The van der Waals surface area contributed by atoms with Gasteiger partial charge in [-0.2, -0.15) is 8.78 Å². The average molecular weight is 234 g/mol. The summed E-state index contributed by atoms with van der Waals surface area (Å²) in [5.41, 5.74) is 0. The van der Waals surface area contributed by atoms with Crippen LogP contribution in [0.5, 0.6) is 0 Å². The Kier molecular flexibility index (Phi) is 5.99. The van der Waals surface area contributed by atoms with Gasteiger partial charge in [0.05, 0.1) is 6.61 Å². The first kappa shape index (κ1) is 14.3. The van der Waals surface area contributed by atoms with Crippen LogP contribution in [0.2, 0.25) is 0 Å². The van der Waals surface area contributed by atoms with Crippen LogP contribution in [0.3, 0.4) is 0 Å². The van der Waals surface area contributed by atoms with Crippen molar-refractivity contribution in [1.29, 1.82) is 0 Å². The molecule has 90 valence electrons. The molecule has 0 bridgehead atoms. The van der Waals surface area contributed by atoms with Gasteiger partial charge < -0.3 is 9.47 Å². The summed E-state index contributed by atoms with van der Waals surface area (Å²) >= 11 is 0. The second kappa shape index (κ2) is 6.71. The normalized spacial score (nSPS) is 11.4. The molecule has 1 unspecified atom stereocenters. The van der Waals surface area contributed by atoms with E-state index < -0.39 is 29.7 Å². The summed E-state index contributed by atoms with van der Waals surface area (Å²) in [7, 11) is 0. The molecule has 0 aromatic carbocycles. The molecule has 0 radical (unpaired) electrons. The molecule has 0 aliphatic rings.